The second-order valence-electron chi connectivity index (χ2n) is 8.63. The fourth-order valence-corrected chi connectivity index (χ4v) is 4.89. The zero-order chi connectivity index (χ0) is 25.8. The van der Waals surface area contributed by atoms with E-state index in [9.17, 15) is 9.59 Å². The number of amides is 2. The normalized spacial score (nSPS) is 11.1. The van der Waals surface area contributed by atoms with Crippen molar-refractivity contribution in [2.45, 2.75) is 27.1 Å². The maximum Gasteiger partial charge on any atom is 0.407 e. The first-order chi connectivity index (χ1) is 18.1. The molecule has 3 aromatic carbocycles. The predicted molar refractivity (Wildman–Crippen MR) is 146 cm³/mol. The molecule has 0 unspecified atom stereocenters. The van der Waals surface area contributed by atoms with E-state index < -0.39 is 12.2 Å². The van der Waals surface area contributed by atoms with Crippen LogP contribution in [-0.4, -0.2) is 29.7 Å². The lowest BCUT2D eigenvalue weighted by atomic mass is 10.0. The summed E-state index contributed by atoms with van der Waals surface area (Å²) in [5.41, 5.74) is 5.40. The highest BCUT2D eigenvalue weighted by Gasteiger charge is 2.25. The monoisotopic (exact) mass is 495 g/mol. The molecule has 0 aliphatic carbocycles. The van der Waals surface area contributed by atoms with E-state index in [0.717, 1.165) is 49.6 Å². The predicted octanol–water partition coefficient (Wildman–Crippen LogP) is 6.40. The Hall–Kier alpha value is -4.52. The number of rotatable bonds is 7. The summed E-state index contributed by atoms with van der Waals surface area (Å²) in [6.45, 7) is 4.66. The summed E-state index contributed by atoms with van der Waals surface area (Å²) in [5.74, 6) is 0. The van der Waals surface area contributed by atoms with Gasteiger partial charge in [-0.2, -0.15) is 0 Å². The van der Waals surface area contributed by atoms with Gasteiger partial charge in [0.1, 0.15) is 13.2 Å². The molecule has 2 N–H and O–H groups in total. The van der Waals surface area contributed by atoms with Crippen LogP contribution in [-0.2, 0) is 22.7 Å². The van der Waals surface area contributed by atoms with Gasteiger partial charge >= 0.3 is 12.2 Å². The van der Waals surface area contributed by atoms with Crippen molar-refractivity contribution in [1.29, 1.82) is 0 Å². The standard InChI is InChI=1S/C30H29N3O4/c1-3-31-29(34)36-18-24-25(19-37-30(35)32-4-2)28-23-16-9-8-14-21(23)22-15-10-11-17-26(22)33(28)27(24)20-12-6-5-7-13-20/h5-17H,3-4,18-19H2,1-2H3,(H,31,34)(H,32,35). The third kappa shape index (κ3) is 4.56. The molecule has 7 nitrogen and oxygen atoms in total. The molecule has 0 saturated carbocycles. The lowest BCUT2D eigenvalue weighted by Crippen LogP contribution is -2.24. The topological polar surface area (TPSA) is 81.1 Å². The molecule has 0 bridgehead atoms. The van der Waals surface area contributed by atoms with E-state index in [2.05, 4.69) is 39.3 Å². The van der Waals surface area contributed by atoms with Crippen molar-refractivity contribution in [3.8, 4) is 11.3 Å². The Labute approximate surface area is 215 Å². The van der Waals surface area contributed by atoms with Crippen LogP contribution in [0.15, 0.2) is 78.9 Å². The number of benzene rings is 3. The average Bonchev–Trinajstić information content (AvgIpc) is 3.26. The van der Waals surface area contributed by atoms with Crippen molar-refractivity contribution in [2.24, 2.45) is 0 Å². The highest BCUT2D eigenvalue weighted by atomic mass is 16.6. The number of ether oxygens (including phenoxy) is 2. The molecular formula is C30H29N3O4. The summed E-state index contributed by atoms with van der Waals surface area (Å²) in [7, 11) is 0. The maximum atomic E-state index is 12.3. The number of nitrogens with zero attached hydrogens (tertiary/aromatic N) is 1. The van der Waals surface area contributed by atoms with Crippen LogP contribution >= 0.6 is 0 Å². The highest BCUT2D eigenvalue weighted by molar-refractivity contribution is 6.14. The van der Waals surface area contributed by atoms with E-state index in [0.29, 0.717) is 13.1 Å². The van der Waals surface area contributed by atoms with Crippen LogP contribution in [0.25, 0.3) is 38.4 Å². The molecule has 2 amide bonds. The van der Waals surface area contributed by atoms with Gasteiger partial charge in [0, 0.05) is 35.0 Å². The van der Waals surface area contributed by atoms with Crippen molar-refractivity contribution in [3.63, 3.8) is 0 Å². The van der Waals surface area contributed by atoms with Crippen LogP contribution < -0.4 is 10.6 Å². The molecular weight excluding hydrogens is 466 g/mol. The average molecular weight is 496 g/mol. The summed E-state index contributed by atoms with van der Waals surface area (Å²) >= 11 is 0. The van der Waals surface area contributed by atoms with E-state index in [1.807, 2.05) is 68.4 Å². The molecule has 2 heterocycles. The molecule has 0 spiro atoms. The third-order valence-electron chi connectivity index (χ3n) is 6.39. The Morgan fingerprint density at radius 2 is 1.22 bits per heavy atom. The first-order valence-corrected chi connectivity index (χ1v) is 12.5. The van der Waals surface area contributed by atoms with Gasteiger partial charge in [-0.3, -0.25) is 0 Å². The van der Waals surface area contributed by atoms with E-state index in [-0.39, 0.29) is 13.2 Å². The molecule has 37 heavy (non-hydrogen) atoms. The molecule has 7 heteroatoms. The number of hydrogen-bond donors (Lipinski definition) is 2. The number of carbonyl (C=O) groups excluding carboxylic acids is 2. The van der Waals surface area contributed by atoms with Crippen molar-refractivity contribution >= 4 is 39.4 Å². The molecule has 188 valence electrons. The van der Waals surface area contributed by atoms with Crippen LogP contribution in [0.4, 0.5) is 9.59 Å². The zero-order valence-corrected chi connectivity index (χ0v) is 20.9. The summed E-state index contributed by atoms with van der Waals surface area (Å²) in [4.78, 5) is 24.7. The zero-order valence-electron chi connectivity index (χ0n) is 20.9. The van der Waals surface area contributed by atoms with Crippen molar-refractivity contribution in [3.05, 3.63) is 90.0 Å². The number of fused-ring (bicyclic) bond motifs is 6. The molecule has 5 aromatic rings. The van der Waals surface area contributed by atoms with Gasteiger partial charge in [-0.1, -0.05) is 72.8 Å². The largest absolute Gasteiger partial charge is 0.445 e. The molecule has 0 aliphatic rings. The van der Waals surface area contributed by atoms with Gasteiger partial charge in [-0.25, -0.2) is 9.59 Å². The molecule has 5 rings (SSSR count). The minimum absolute atomic E-state index is 0.0223. The molecule has 2 aromatic heterocycles. The number of aromatic nitrogens is 1. The van der Waals surface area contributed by atoms with Crippen LogP contribution in [0.5, 0.6) is 0 Å². The Balaban J connectivity index is 1.87. The molecule has 0 saturated heterocycles. The molecule has 0 radical (unpaired) electrons. The number of nitrogens with one attached hydrogen (secondary N) is 2. The fraction of sp³-hybridized carbons (Fsp3) is 0.200. The first kappa shape index (κ1) is 24.2. The van der Waals surface area contributed by atoms with Gasteiger partial charge in [-0.15, -0.1) is 0 Å². The van der Waals surface area contributed by atoms with Crippen LogP contribution in [0.3, 0.4) is 0 Å². The highest BCUT2D eigenvalue weighted by Crippen LogP contribution is 2.40. The number of hydrogen-bond acceptors (Lipinski definition) is 4. The molecule has 0 aliphatic heterocycles. The fourth-order valence-electron chi connectivity index (χ4n) is 4.89. The van der Waals surface area contributed by atoms with Crippen LogP contribution in [0, 0.1) is 0 Å². The van der Waals surface area contributed by atoms with Gasteiger partial charge in [0.15, 0.2) is 0 Å². The van der Waals surface area contributed by atoms with E-state index >= 15 is 0 Å². The maximum absolute atomic E-state index is 12.3. The van der Waals surface area contributed by atoms with Crippen LogP contribution in [0.2, 0.25) is 0 Å². The van der Waals surface area contributed by atoms with E-state index in [1.54, 1.807) is 0 Å². The van der Waals surface area contributed by atoms with Gasteiger partial charge in [0.2, 0.25) is 0 Å². The lowest BCUT2D eigenvalue weighted by molar-refractivity contribution is 0.133. The third-order valence-corrected chi connectivity index (χ3v) is 6.39. The summed E-state index contributed by atoms with van der Waals surface area (Å²) in [6.07, 6.45) is -0.995. The Bertz CT molecular complexity index is 1590. The lowest BCUT2D eigenvalue weighted by Gasteiger charge is -2.13. The Kier molecular flexibility index (Phi) is 6.94. The number of para-hydroxylation sites is 1. The van der Waals surface area contributed by atoms with Gasteiger partial charge in [0.05, 0.1) is 16.7 Å². The summed E-state index contributed by atoms with van der Waals surface area (Å²) in [5, 5.41) is 8.61. The second-order valence-corrected chi connectivity index (χ2v) is 8.63. The number of alkyl carbamates (subject to hydrolysis) is 2. The number of carbonyl (C=O) groups is 2. The smallest absolute Gasteiger partial charge is 0.407 e. The van der Waals surface area contributed by atoms with Crippen LogP contribution in [0.1, 0.15) is 25.0 Å². The quantitative estimate of drug-likeness (QED) is 0.256. The summed E-state index contributed by atoms with van der Waals surface area (Å²) < 4.78 is 13.5. The van der Waals surface area contributed by atoms with Gasteiger partial charge in [0.25, 0.3) is 0 Å². The first-order valence-electron chi connectivity index (χ1n) is 12.5. The minimum Gasteiger partial charge on any atom is -0.445 e. The SMILES string of the molecule is CCNC(=O)OCc1c(COC(=O)NCC)c2c3ccccc3c3ccccc3n2c1-c1ccccc1. The molecule has 0 fully saturated rings. The van der Waals surface area contributed by atoms with Crippen molar-refractivity contribution in [2.75, 3.05) is 13.1 Å². The minimum atomic E-state index is -0.498. The summed E-state index contributed by atoms with van der Waals surface area (Å²) in [6, 6.07) is 26.5. The Morgan fingerprint density at radius 1 is 0.676 bits per heavy atom. The van der Waals surface area contributed by atoms with Gasteiger partial charge < -0.3 is 24.5 Å². The van der Waals surface area contributed by atoms with Gasteiger partial charge in [-0.05, 0) is 30.9 Å². The van der Waals surface area contributed by atoms with Crippen molar-refractivity contribution in [1.82, 2.24) is 15.0 Å². The van der Waals surface area contributed by atoms with E-state index in [4.69, 9.17) is 9.47 Å². The Morgan fingerprint density at radius 3 is 1.86 bits per heavy atom. The van der Waals surface area contributed by atoms with Crippen molar-refractivity contribution < 1.29 is 19.1 Å². The number of pyridine rings is 1. The molecule has 0 atom stereocenters. The second kappa shape index (κ2) is 10.6. The van der Waals surface area contributed by atoms with E-state index in [1.165, 1.54) is 0 Å².